The summed E-state index contributed by atoms with van der Waals surface area (Å²) in [5.74, 6) is -2.34. The molecule has 0 radical (unpaired) electrons. The Kier molecular flexibility index (Phi) is 4.86. The number of rotatable bonds is 5. The SMILES string of the molecule is O=C(O)COCC(=O)Nc1cc(F)ccc1Cl. The van der Waals surface area contributed by atoms with Crippen LogP contribution in [0.3, 0.4) is 0 Å². The standard InChI is InChI=1S/C10H9ClFNO4/c11-7-2-1-6(12)3-8(7)13-9(14)4-17-5-10(15)16/h1-3H,4-5H2,(H,13,14)(H,15,16). The molecule has 1 rings (SSSR count). The van der Waals surface area contributed by atoms with Crippen LogP contribution in [-0.2, 0) is 14.3 Å². The maximum atomic E-state index is 12.8. The summed E-state index contributed by atoms with van der Waals surface area (Å²) in [6, 6.07) is 3.50. The zero-order valence-electron chi connectivity index (χ0n) is 8.57. The quantitative estimate of drug-likeness (QED) is 0.843. The van der Waals surface area contributed by atoms with E-state index >= 15 is 0 Å². The molecule has 0 aliphatic heterocycles. The van der Waals surface area contributed by atoms with Crippen LogP contribution in [0, 0.1) is 5.82 Å². The second-order valence-electron chi connectivity index (χ2n) is 3.06. The van der Waals surface area contributed by atoms with Crippen molar-refractivity contribution < 1.29 is 23.8 Å². The molecule has 1 amide bonds. The van der Waals surface area contributed by atoms with Crippen LogP contribution in [0.5, 0.6) is 0 Å². The minimum atomic E-state index is -1.18. The van der Waals surface area contributed by atoms with Crippen LogP contribution in [0.25, 0.3) is 0 Å². The van der Waals surface area contributed by atoms with Gasteiger partial charge in [0.1, 0.15) is 19.0 Å². The Hall–Kier alpha value is -1.66. The third kappa shape index (κ3) is 4.80. The summed E-state index contributed by atoms with van der Waals surface area (Å²) in [7, 11) is 0. The van der Waals surface area contributed by atoms with Gasteiger partial charge in [-0.1, -0.05) is 11.6 Å². The number of hydrogen-bond donors (Lipinski definition) is 2. The maximum absolute atomic E-state index is 12.8. The number of anilines is 1. The van der Waals surface area contributed by atoms with E-state index in [0.29, 0.717) is 0 Å². The summed E-state index contributed by atoms with van der Waals surface area (Å²) in [5.41, 5.74) is 0.107. The van der Waals surface area contributed by atoms with E-state index in [-0.39, 0.29) is 10.7 Å². The molecule has 1 aromatic carbocycles. The van der Waals surface area contributed by atoms with Gasteiger partial charge >= 0.3 is 5.97 Å². The topological polar surface area (TPSA) is 75.6 Å². The van der Waals surface area contributed by atoms with Gasteiger partial charge in [0, 0.05) is 0 Å². The van der Waals surface area contributed by atoms with Gasteiger partial charge in [0.15, 0.2) is 0 Å². The molecule has 7 heteroatoms. The largest absolute Gasteiger partial charge is 0.480 e. The fourth-order valence-electron chi connectivity index (χ4n) is 1.01. The van der Waals surface area contributed by atoms with Gasteiger partial charge in [-0.3, -0.25) is 4.79 Å². The summed E-state index contributed by atoms with van der Waals surface area (Å²) >= 11 is 5.71. The lowest BCUT2D eigenvalue weighted by Crippen LogP contribution is -2.20. The third-order valence-electron chi connectivity index (χ3n) is 1.66. The van der Waals surface area contributed by atoms with E-state index in [4.69, 9.17) is 16.7 Å². The lowest BCUT2D eigenvalue weighted by atomic mass is 10.3. The molecule has 0 fully saturated rings. The molecule has 1 aromatic rings. The number of carbonyl (C=O) groups is 2. The zero-order valence-corrected chi connectivity index (χ0v) is 9.33. The average Bonchev–Trinajstić information content (AvgIpc) is 2.23. The highest BCUT2D eigenvalue weighted by molar-refractivity contribution is 6.33. The summed E-state index contributed by atoms with van der Waals surface area (Å²) in [6.45, 7) is -1.02. The van der Waals surface area contributed by atoms with Crippen LogP contribution in [0.15, 0.2) is 18.2 Å². The Morgan fingerprint density at radius 2 is 2.12 bits per heavy atom. The van der Waals surface area contributed by atoms with E-state index in [1.165, 1.54) is 6.07 Å². The Balaban J connectivity index is 2.50. The highest BCUT2D eigenvalue weighted by atomic mass is 35.5. The third-order valence-corrected chi connectivity index (χ3v) is 1.99. The number of benzene rings is 1. The van der Waals surface area contributed by atoms with E-state index in [1.54, 1.807) is 0 Å². The predicted octanol–water partition coefficient (Wildman–Crippen LogP) is 1.52. The van der Waals surface area contributed by atoms with Gasteiger partial charge in [-0.25, -0.2) is 9.18 Å². The number of carboxylic acid groups (broad SMARTS) is 1. The first kappa shape index (κ1) is 13.4. The predicted molar refractivity (Wildman–Crippen MR) is 58.5 cm³/mol. The molecule has 0 saturated heterocycles. The minimum Gasteiger partial charge on any atom is -0.480 e. The summed E-state index contributed by atoms with van der Waals surface area (Å²) < 4.78 is 17.4. The zero-order chi connectivity index (χ0) is 12.8. The highest BCUT2D eigenvalue weighted by Gasteiger charge is 2.08. The number of amides is 1. The number of aliphatic carboxylic acids is 1. The first-order valence-electron chi connectivity index (χ1n) is 4.53. The molecule has 0 bridgehead atoms. The normalized spacial score (nSPS) is 10.0. The molecule has 0 saturated carbocycles. The van der Waals surface area contributed by atoms with Gasteiger partial charge in [0.2, 0.25) is 5.91 Å². The van der Waals surface area contributed by atoms with Crippen LogP contribution in [0.4, 0.5) is 10.1 Å². The van der Waals surface area contributed by atoms with Crippen molar-refractivity contribution in [1.29, 1.82) is 0 Å². The van der Waals surface area contributed by atoms with E-state index < -0.39 is 30.9 Å². The lowest BCUT2D eigenvalue weighted by molar-refractivity contribution is -0.143. The Morgan fingerprint density at radius 3 is 2.76 bits per heavy atom. The molecule has 0 aliphatic rings. The van der Waals surface area contributed by atoms with Crippen LogP contribution < -0.4 is 5.32 Å². The van der Waals surface area contributed by atoms with Gasteiger partial charge in [-0.2, -0.15) is 0 Å². The first-order chi connectivity index (χ1) is 7.99. The van der Waals surface area contributed by atoms with Crippen molar-refractivity contribution in [1.82, 2.24) is 0 Å². The van der Waals surface area contributed by atoms with Crippen LogP contribution >= 0.6 is 11.6 Å². The average molecular weight is 262 g/mol. The lowest BCUT2D eigenvalue weighted by Gasteiger charge is -2.07. The number of nitrogens with one attached hydrogen (secondary N) is 1. The Bertz CT molecular complexity index is 438. The second kappa shape index (κ2) is 6.17. The van der Waals surface area contributed by atoms with Crippen molar-refractivity contribution in [3.63, 3.8) is 0 Å². The monoisotopic (exact) mass is 261 g/mol. The van der Waals surface area contributed by atoms with E-state index in [2.05, 4.69) is 10.1 Å². The number of ether oxygens (including phenoxy) is 1. The van der Waals surface area contributed by atoms with Gasteiger partial charge in [-0.15, -0.1) is 0 Å². The molecule has 2 N–H and O–H groups in total. The van der Waals surface area contributed by atoms with Crippen molar-refractivity contribution in [2.75, 3.05) is 18.5 Å². The fraction of sp³-hybridized carbons (Fsp3) is 0.200. The van der Waals surface area contributed by atoms with Crippen molar-refractivity contribution >= 4 is 29.2 Å². The smallest absolute Gasteiger partial charge is 0.329 e. The molecule has 0 heterocycles. The molecular weight excluding hydrogens is 253 g/mol. The number of carboxylic acids is 1. The molecule has 0 aliphatic carbocycles. The van der Waals surface area contributed by atoms with Gasteiger partial charge < -0.3 is 15.2 Å². The second-order valence-corrected chi connectivity index (χ2v) is 3.47. The van der Waals surface area contributed by atoms with Crippen LogP contribution in [-0.4, -0.2) is 30.2 Å². The Morgan fingerprint density at radius 1 is 1.41 bits per heavy atom. The molecule has 0 unspecified atom stereocenters. The summed E-state index contributed by atoms with van der Waals surface area (Å²) in [4.78, 5) is 21.4. The minimum absolute atomic E-state index is 0.107. The van der Waals surface area contributed by atoms with Crippen molar-refractivity contribution in [2.45, 2.75) is 0 Å². The number of hydrogen-bond acceptors (Lipinski definition) is 3. The summed E-state index contributed by atoms with van der Waals surface area (Å²) in [5, 5.41) is 10.7. The van der Waals surface area contributed by atoms with E-state index in [9.17, 15) is 14.0 Å². The number of halogens is 2. The highest BCUT2D eigenvalue weighted by Crippen LogP contribution is 2.22. The summed E-state index contributed by atoms with van der Waals surface area (Å²) in [6.07, 6.45) is 0. The number of carbonyl (C=O) groups excluding carboxylic acids is 1. The van der Waals surface area contributed by atoms with Crippen molar-refractivity contribution in [2.24, 2.45) is 0 Å². The van der Waals surface area contributed by atoms with Gasteiger partial charge in [-0.05, 0) is 18.2 Å². The fourth-order valence-corrected chi connectivity index (χ4v) is 1.18. The molecule has 5 nitrogen and oxygen atoms in total. The molecule has 0 spiro atoms. The molecule has 92 valence electrons. The molecule has 17 heavy (non-hydrogen) atoms. The molecule has 0 atom stereocenters. The van der Waals surface area contributed by atoms with Crippen LogP contribution in [0.2, 0.25) is 5.02 Å². The van der Waals surface area contributed by atoms with E-state index in [0.717, 1.165) is 12.1 Å². The Labute approximate surface area is 101 Å². The maximum Gasteiger partial charge on any atom is 0.329 e. The van der Waals surface area contributed by atoms with Gasteiger partial charge in [0.05, 0.1) is 10.7 Å². The molecular formula is C10H9ClFNO4. The van der Waals surface area contributed by atoms with E-state index in [1.807, 2.05) is 0 Å². The van der Waals surface area contributed by atoms with Crippen molar-refractivity contribution in [3.8, 4) is 0 Å². The van der Waals surface area contributed by atoms with Crippen molar-refractivity contribution in [3.05, 3.63) is 29.0 Å². The van der Waals surface area contributed by atoms with Crippen LogP contribution in [0.1, 0.15) is 0 Å². The van der Waals surface area contributed by atoms with Gasteiger partial charge in [0.25, 0.3) is 0 Å². The first-order valence-corrected chi connectivity index (χ1v) is 4.91. The molecule has 0 aromatic heterocycles.